The molecule has 1 aromatic heterocycles. The van der Waals surface area contributed by atoms with Crippen LogP contribution in [0.1, 0.15) is 35.8 Å². The number of hydrogen-bond donors (Lipinski definition) is 1. The molecule has 0 saturated carbocycles. The molecule has 19 heavy (non-hydrogen) atoms. The summed E-state index contributed by atoms with van der Waals surface area (Å²) in [7, 11) is -0.817. The Morgan fingerprint density at radius 1 is 1.47 bits per heavy atom. The molecule has 1 rings (SSSR count). The Morgan fingerprint density at radius 2 is 2.21 bits per heavy atom. The van der Waals surface area contributed by atoms with Crippen molar-refractivity contribution in [2.75, 3.05) is 18.6 Å². The van der Waals surface area contributed by atoms with Crippen LogP contribution in [0, 0.1) is 0 Å². The summed E-state index contributed by atoms with van der Waals surface area (Å²) < 4.78 is 10.9. The minimum Gasteiger partial charge on any atom is -0.352 e. The highest BCUT2D eigenvalue weighted by Gasteiger charge is 2.08. The highest BCUT2D eigenvalue weighted by atomic mass is 35.5. The van der Waals surface area contributed by atoms with Gasteiger partial charge in [-0.2, -0.15) is 0 Å². The van der Waals surface area contributed by atoms with Gasteiger partial charge >= 0.3 is 0 Å². The highest BCUT2D eigenvalue weighted by Crippen LogP contribution is 2.12. The van der Waals surface area contributed by atoms with Crippen molar-refractivity contribution in [3.63, 3.8) is 0 Å². The van der Waals surface area contributed by atoms with E-state index in [1.54, 1.807) is 18.4 Å². The average molecular weight is 303 g/mol. The Hall–Kier alpha value is -0.940. The zero-order valence-electron chi connectivity index (χ0n) is 11.2. The van der Waals surface area contributed by atoms with E-state index in [-0.39, 0.29) is 5.91 Å². The maximum absolute atomic E-state index is 11.9. The minimum atomic E-state index is -0.817. The molecule has 1 amide bonds. The van der Waals surface area contributed by atoms with Crippen molar-refractivity contribution in [2.45, 2.75) is 26.2 Å². The van der Waals surface area contributed by atoms with Crippen LogP contribution in [0.4, 0.5) is 0 Å². The molecule has 1 unspecified atom stereocenters. The normalized spacial score (nSPS) is 12.2. The van der Waals surface area contributed by atoms with Gasteiger partial charge in [-0.1, -0.05) is 24.9 Å². The van der Waals surface area contributed by atoms with E-state index in [1.165, 1.54) is 0 Å². The van der Waals surface area contributed by atoms with Gasteiger partial charge in [0.1, 0.15) is 5.15 Å². The quantitative estimate of drug-likeness (QED) is 0.620. The van der Waals surface area contributed by atoms with E-state index in [9.17, 15) is 9.00 Å². The number of aromatic nitrogens is 1. The lowest BCUT2D eigenvalue weighted by Gasteiger charge is -2.07. The SMILES string of the molecule is CCCc1cc(C(=O)NCCCS(C)=O)cc(Cl)n1. The van der Waals surface area contributed by atoms with Crippen molar-refractivity contribution in [1.29, 1.82) is 0 Å². The molecular formula is C13H19ClN2O2S. The van der Waals surface area contributed by atoms with E-state index >= 15 is 0 Å². The molecule has 0 saturated heterocycles. The predicted molar refractivity (Wildman–Crippen MR) is 79.1 cm³/mol. The van der Waals surface area contributed by atoms with Crippen LogP contribution in [0.3, 0.4) is 0 Å². The van der Waals surface area contributed by atoms with Crippen LogP contribution in [0.25, 0.3) is 0 Å². The Bertz CT molecular complexity index is 466. The van der Waals surface area contributed by atoms with E-state index < -0.39 is 10.8 Å². The molecule has 0 radical (unpaired) electrons. The van der Waals surface area contributed by atoms with Crippen molar-refractivity contribution in [3.05, 3.63) is 28.5 Å². The highest BCUT2D eigenvalue weighted by molar-refractivity contribution is 7.84. The van der Waals surface area contributed by atoms with E-state index in [4.69, 9.17) is 11.6 Å². The molecule has 1 N–H and O–H groups in total. The lowest BCUT2D eigenvalue weighted by Crippen LogP contribution is -2.25. The van der Waals surface area contributed by atoms with Gasteiger partial charge in [-0.25, -0.2) is 4.98 Å². The molecular weight excluding hydrogens is 284 g/mol. The number of nitrogens with one attached hydrogen (secondary N) is 1. The van der Waals surface area contributed by atoms with E-state index in [0.717, 1.165) is 18.5 Å². The molecule has 0 bridgehead atoms. The summed E-state index contributed by atoms with van der Waals surface area (Å²) in [5, 5.41) is 3.13. The summed E-state index contributed by atoms with van der Waals surface area (Å²) in [5.74, 6) is 0.432. The third kappa shape index (κ3) is 6.16. The van der Waals surface area contributed by atoms with Gasteiger partial charge in [0.25, 0.3) is 5.91 Å². The number of halogens is 1. The second-order valence-corrected chi connectivity index (χ2v) is 6.25. The zero-order valence-corrected chi connectivity index (χ0v) is 12.8. The second kappa shape index (κ2) is 8.27. The van der Waals surface area contributed by atoms with E-state index in [0.29, 0.717) is 29.4 Å². The first kappa shape index (κ1) is 16.1. The summed E-state index contributed by atoms with van der Waals surface area (Å²) in [6, 6.07) is 3.33. The second-order valence-electron chi connectivity index (χ2n) is 4.31. The molecule has 0 aliphatic heterocycles. The number of carbonyl (C=O) groups excluding carboxylic acids is 1. The fourth-order valence-electron chi connectivity index (χ4n) is 1.65. The third-order valence-corrected chi connectivity index (χ3v) is 3.57. The van der Waals surface area contributed by atoms with E-state index in [2.05, 4.69) is 10.3 Å². The maximum atomic E-state index is 11.9. The van der Waals surface area contributed by atoms with Crippen LogP contribution < -0.4 is 5.32 Å². The Kier molecular flexibility index (Phi) is 7.02. The van der Waals surface area contributed by atoms with Crippen LogP contribution in [-0.2, 0) is 17.2 Å². The molecule has 1 heterocycles. The third-order valence-electron chi connectivity index (χ3n) is 2.51. The fraction of sp³-hybridized carbons (Fsp3) is 0.538. The maximum Gasteiger partial charge on any atom is 0.251 e. The lowest BCUT2D eigenvalue weighted by atomic mass is 10.1. The number of hydrogen-bond acceptors (Lipinski definition) is 3. The van der Waals surface area contributed by atoms with E-state index in [1.807, 2.05) is 6.92 Å². The summed E-state index contributed by atoms with van der Waals surface area (Å²) in [5.41, 5.74) is 1.36. The van der Waals surface area contributed by atoms with Gasteiger partial charge in [0.05, 0.1) is 0 Å². The topological polar surface area (TPSA) is 59.1 Å². The van der Waals surface area contributed by atoms with Gasteiger partial charge in [-0.05, 0) is 25.0 Å². The van der Waals surface area contributed by atoms with Gasteiger partial charge in [0.15, 0.2) is 0 Å². The standard InChI is InChI=1S/C13H19ClN2O2S/c1-3-5-11-8-10(9-12(14)16-11)13(17)15-6-4-7-19(2)18/h8-9H,3-7H2,1-2H3,(H,15,17). The number of amides is 1. The number of aryl methyl sites for hydroxylation is 1. The first-order valence-corrected chi connectivity index (χ1v) is 8.38. The summed E-state index contributed by atoms with van der Waals surface area (Å²) >= 11 is 5.90. The Balaban J connectivity index is 2.58. The molecule has 0 aromatic carbocycles. The van der Waals surface area contributed by atoms with Crippen molar-refractivity contribution in [2.24, 2.45) is 0 Å². The van der Waals surface area contributed by atoms with Crippen molar-refractivity contribution in [1.82, 2.24) is 10.3 Å². The van der Waals surface area contributed by atoms with Gasteiger partial charge in [0, 0.05) is 40.6 Å². The summed E-state index contributed by atoms with van der Waals surface area (Å²) in [6.07, 6.45) is 4.11. The van der Waals surface area contributed by atoms with Gasteiger partial charge < -0.3 is 5.32 Å². The summed E-state index contributed by atoms with van der Waals surface area (Å²) in [4.78, 5) is 16.1. The molecule has 0 aliphatic carbocycles. The van der Waals surface area contributed by atoms with Gasteiger partial charge in [0.2, 0.25) is 0 Å². The average Bonchev–Trinajstić information content (AvgIpc) is 2.34. The molecule has 106 valence electrons. The van der Waals surface area contributed by atoms with Gasteiger partial charge in [-0.3, -0.25) is 9.00 Å². The number of pyridine rings is 1. The fourth-order valence-corrected chi connectivity index (χ4v) is 2.42. The molecule has 0 fully saturated rings. The van der Waals surface area contributed by atoms with Crippen LogP contribution in [-0.4, -0.2) is 33.7 Å². The number of nitrogens with zero attached hydrogens (tertiary/aromatic N) is 1. The molecule has 1 aromatic rings. The lowest BCUT2D eigenvalue weighted by molar-refractivity contribution is 0.0953. The molecule has 4 nitrogen and oxygen atoms in total. The van der Waals surface area contributed by atoms with Crippen molar-refractivity contribution >= 4 is 28.3 Å². The Labute approximate surface area is 121 Å². The van der Waals surface area contributed by atoms with Crippen LogP contribution in [0.15, 0.2) is 12.1 Å². The number of rotatable bonds is 7. The largest absolute Gasteiger partial charge is 0.352 e. The van der Waals surface area contributed by atoms with Crippen LogP contribution in [0.5, 0.6) is 0 Å². The molecule has 0 spiro atoms. The monoisotopic (exact) mass is 302 g/mol. The first-order chi connectivity index (χ1) is 9.02. The first-order valence-electron chi connectivity index (χ1n) is 6.27. The van der Waals surface area contributed by atoms with Crippen LogP contribution >= 0.6 is 11.6 Å². The molecule has 6 heteroatoms. The Morgan fingerprint density at radius 3 is 2.84 bits per heavy atom. The smallest absolute Gasteiger partial charge is 0.251 e. The summed E-state index contributed by atoms with van der Waals surface area (Å²) in [6.45, 7) is 2.56. The van der Waals surface area contributed by atoms with Crippen molar-refractivity contribution in [3.8, 4) is 0 Å². The zero-order chi connectivity index (χ0) is 14.3. The number of carbonyl (C=O) groups is 1. The molecule has 0 aliphatic rings. The van der Waals surface area contributed by atoms with Crippen LogP contribution in [0.2, 0.25) is 5.15 Å². The predicted octanol–water partition coefficient (Wildman–Crippen LogP) is 2.19. The molecule has 1 atom stereocenters. The van der Waals surface area contributed by atoms with Gasteiger partial charge in [-0.15, -0.1) is 0 Å². The minimum absolute atomic E-state index is 0.163. The van der Waals surface area contributed by atoms with Crippen molar-refractivity contribution < 1.29 is 9.00 Å².